The highest BCUT2D eigenvalue weighted by molar-refractivity contribution is 6.74. The van der Waals surface area contributed by atoms with Crippen molar-refractivity contribution in [2.45, 2.75) is 64.5 Å². The highest BCUT2D eigenvalue weighted by Crippen LogP contribution is 2.37. The molecule has 0 aromatic heterocycles. The zero-order valence-corrected chi connectivity index (χ0v) is 19.0. The molecule has 5 nitrogen and oxygen atoms in total. The van der Waals surface area contributed by atoms with Crippen molar-refractivity contribution in [2.24, 2.45) is 0 Å². The monoisotopic (exact) mass is 406 g/mol. The Morgan fingerprint density at radius 3 is 2.43 bits per heavy atom. The van der Waals surface area contributed by atoms with E-state index in [-0.39, 0.29) is 17.1 Å². The number of rotatable bonds is 10. The van der Waals surface area contributed by atoms with Crippen LogP contribution in [0.4, 0.5) is 0 Å². The van der Waals surface area contributed by atoms with Gasteiger partial charge in [0, 0.05) is 12.7 Å². The van der Waals surface area contributed by atoms with E-state index in [4.69, 9.17) is 18.6 Å². The average molecular weight is 407 g/mol. The predicted molar refractivity (Wildman–Crippen MR) is 113 cm³/mol. The summed E-state index contributed by atoms with van der Waals surface area (Å²) in [6.45, 7) is 12.7. The normalized spacial score (nSPS) is 17.4. The Morgan fingerprint density at radius 1 is 1.14 bits per heavy atom. The van der Waals surface area contributed by atoms with Gasteiger partial charge in [0.1, 0.15) is 11.9 Å². The quantitative estimate of drug-likeness (QED) is 0.315. The first-order chi connectivity index (χ1) is 13.1. The molecule has 1 aliphatic rings. The Hall–Kier alpha value is -1.63. The van der Waals surface area contributed by atoms with Crippen molar-refractivity contribution in [3.05, 3.63) is 41.5 Å². The Morgan fingerprint density at radius 2 is 1.82 bits per heavy atom. The number of cyclic esters (lactones) is 1. The second-order valence-corrected chi connectivity index (χ2v) is 13.5. The van der Waals surface area contributed by atoms with Crippen LogP contribution < -0.4 is 4.74 Å². The van der Waals surface area contributed by atoms with Crippen molar-refractivity contribution in [1.82, 2.24) is 0 Å². The van der Waals surface area contributed by atoms with E-state index in [0.717, 1.165) is 29.7 Å². The number of benzene rings is 1. The summed E-state index contributed by atoms with van der Waals surface area (Å²) in [5.41, 5.74) is 2.12. The smallest absolute Gasteiger partial charge is 0.331 e. The zero-order chi connectivity index (χ0) is 20.8. The number of carbonyl (C=O) groups excluding carboxylic acids is 1. The Labute approximate surface area is 170 Å². The minimum Gasteiger partial charge on any atom is -0.497 e. The number of ether oxygens (including phenoxy) is 3. The molecule has 1 heterocycles. The second-order valence-electron chi connectivity index (χ2n) is 8.72. The zero-order valence-electron chi connectivity index (χ0n) is 18.0. The van der Waals surface area contributed by atoms with Gasteiger partial charge in [0.25, 0.3) is 0 Å². The van der Waals surface area contributed by atoms with Crippen LogP contribution in [0.25, 0.3) is 0 Å². The van der Waals surface area contributed by atoms with Crippen LogP contribution in [0.2, 0.25) is 18.1 Å². The molecule has 2 rings (SSSR count). The van der Waals surface area contributed by atoms with Gasteiger partial charge in [-0.3, -0.25) is 0 Å². The highest BCUT2D eigenvalue weighted by Gasteiger charge is 2.38. The number of esters is 1. The SMILES string of the molecule is COc1ccc(COCCCC2=CC(=O)O[C@@H]2CO[Si](C)(C)C(C)(C)C)cc1. The molecule has 1 aromatic rings. The summed E-state index contributed by atoms with van der Waals surface area (Å²) in [4.78, 5) is 11.7. The van der Waals surface area contributed by atoms with Crippen LogP contribution in [-0.4, -0.2) is 40.7 Å². The van der Waals surface area contributed by atoms with Gasteiger partial charge in [-0.1, -0.05) is 32.9 Å². The molecule has 0 unspecified atom stereocenters. The molecule has 28 heavy (non-hydrogen) atoms. The van der Waals surface area contributed by atoms with Crippen LogP contribution in [0.5, 0.6) is 5.75 Å². The van der Waals surface area contributed by atoms with E-state index in [1.807, 2.05) is 24.3 Å². The first-order valence-corrected chi connectivity index (χ1v) is 12.8. The minimum absolute atomic E-state index is 0.134. The summed E-state index contributed by atoms with van der Waals surface area (Å²) in [5, 5.41) is 0.134. The van der Waals surface area contributed by atoms with Gasteiger partial charge in [-0.05, 0) is 54.2 Å². The molecule has 1 atom stereocenters. The van der Waals surface area contributed by atoms with E-state index < -0.39 is 8.32 Å². The molecule has 0 amide bonds. The van der Waals surface area contributed by atoms with E-state index in [0.29, 0.717) is 19.8 Å². The number of methoxy groups -OCH3 is 1. The van der Waals surface area contributed by atoms with Crippen LogP contribution in [0.3, 0.4) is 0 Å². The highest BCUT2D eigenvalue weighted by atomic mass is 28.4. The molecule has 1 aromatic carbocycles. The number of carbonyl (C=O) groups is 1. The lowest BCUT2D eigenvalue weighted by atomic mass is 10.1. The molecule has 0 bridgehead atoms. The molecule has 0 saturated carbocycles. The molecule has 0 radical (unpaired) electrons. The van der Waals surface area contributed by atoms with Crippen molar-refractivity contribution >= 4 is 14.3 Å². The van der Waals surface area contributed by atoms with E-state index in [1.165, 1.54) is 0 Å². The van der Waals surface area contributed by atoms with E-state index >= 15 is 0 Å². The third-order valence-electron chi connectivity index (χ3n) is 5.56. The van der Waals surface area contributed by atoms with Crippen molar-refractivity contribution in [3.8, 4) is 5.75 Å². The van der Waals surface area contributed by atoms with Gasteiger partial charge in [0.15, 0.2) is 8.32 Å². The van der Waals surface area contributed by atoms with Crippen molar-refractivity contribution < 1.29 is 23.4 Å². The van der Waals surface area contributed by atoms with E-state index in [9.17, 15) is 4.79 Å². The molecule has 156 valence electrons. The summed E-state index contributed by atoms with van der Waals surface area (Å²) < 4.78 is 22.6. The maximum absolute atomic E-state index is 11.7. The topological polar surface area (TPSA) is 54.0 Å². The molecule has 0 saturated heterocycles. The van der Waals surface area contributed by atoms with Gasteiger partial charge in [0.05, 0.1) is 20.3 Å². The van der Waals surface area contributed by atoms with Crippen LogP contribution in [0.1, 0.15) is 39.2 Å². The lowest BCUT2D eigenvalue weighted by Gasteiger charge is -2.36. The van der Waals surface area contributed by atoms with Crippen molar-refractivity contribution in [2.75, 3.05) is 20.3 Å². The molecular formula is C22H34O5Si. The first-order valence-electron chi connectivity index (χ1n) is 9.88. The van der Waals surface area contributed by atoms with E-state index in [2.05, 4.69) is 33.9 Å². The predicted octanol–water partition coefficient (Wildman–Crippen LogP) is 4.87. The Balaban J connectivity index is 1.74. The molecule has 1 aliphatic heterocycles. The lowest BCUT2D eigenvalue weighted by Crippen LogP contribution is -2.43. The van der Waals surface area contributed by atoms with Crippen molar-refractivity contribution in [3.63, 3.8) is 0 Å². The fraction of sp³-hybridized carbons (Fsp3) is 0.591. The maximum Gasteiger partial charge on any atom is 0.331 e. The fourth-order valence-corrected chi connectivity index (χ4v) is 3.66. The van der Waals surface area contributed by atoms with Crippen LogP contribution in [-0.2, 0) is 25.3 Å². The average Bonchev–Trinajstić information content (AvgIpc) is 2.99. The van der Waals surface area contributed by atoms with Gasteiger partial charge in [-0.25, -0.2) is 4.79 Å². The minimum atomic E-state index is -1.86. The third-order valence-corrected chi connectivity index (χ3v) is 10.1. The first kappa shape index (κ1) is 22.7. The van der Waals surface area contributed by atoms with Crippen LogP contribution >= 0.6 is 0 Å². The van der Waals surface area contributed by atoms with Gasteiger partial charge in [-0.2, -0.15) is 0 Å². The Kier molecular flexibility index (Phi) is 7.86. The molecule has 0 fully saturated rings. The maximum atomic E-state index is 11.7. The summed E-state index contributed by atoms with van der Waals surface area (Å²) in [6, 6.07) is 7.86. The van der Waals surface area contributed by atoms with Gasteiger partial charge < -0.3 is 18.6 Å². The molecule has 6 heteroatoms. The van der Waals surface area contributed by atoms with Crippen LogP contribution in [0.15, 0.2) is 35.9 Å². The van der Waals surface area contributed by atoms with Gasteiger partial charge in [-0.15, -0.1) is 0 Å². The summed E-state index contributed by atoms with van der Waals surface area (Å²) in [5.74, 6) is 0.575. The number of hydrogen-bond donors (Lipinski definition) is 0. The van der Waals surface area contributed by atoms with Gasteiger partial charge in [0.2, 0.25) is 0 Å². The largest absolute Gasteiger partial charge is 0.497 e. The van der Waals surface area contributed by atoms with E-state index in [1.54, 1.807) is 13.2 Å². The standard InChI is InChI=1S/C22H34O5Si/c1-22(2,3)28(5,6)26-16-20-18(14-21(23)27-20)8-7-13-25-15-17-9-11-19(24-4)12-10-17/h9-12,14,20H,7-8,13,15-16H2,1-6H3/t20-/m1/s1. The number of hydrogen-bond acceptors (Lipinski definition) is 5. The van der Waals surface area contributed by atoms with Gasteiger partial charge >= 0.3 is 5.97 Å². The summed E-state index contributed by atoms with van der Waals surface area (Å²) in [7, 11) is -0.210. The lowest BCUT2D eigenvalue weighted by molar-refractivity contribution is -0.140. The van der Waals surface area contributed by atoms with Crippen molar-refractivity contribution in [1.29, 1.82) is 0 Å². The summed E-state index contributed by atoms with van der Waals surface area (Å²) in [6.07, 6.45) is 2.97. The fourth-order valence-electron chi connectivity index (χ4n) is 2.66. The molecule has 0 N–H and O–H groups in total. The molecule has 0 aliphatic carbocycles. The Bertz CT molecular complexity index is 673. The molecular weight excluding hydrogens is 372 g/mol. The summed E-state index contributed by atoms with van der Waals surface area (Å²) >= 11 is 0. The molecule has 0 spiro atoms. The third kappa shape index (κ3) is 6.46. The second kappa shape index (κ2) is 9.72. The van der Waals surface area contributed by atoms with Crippen LogP contribution in [0, 0.1) is 0 Å².